The average molecular weight is 258 g/mol. The summed E-state index contributed by atoms with van der Waals surface area (Å²) in [5.41, 5.74) is 1.17. The summed E-state index contributed by atoms with van der Waals surface area (Å²) in [6, 6.07) is 4.81. The van der Waals surface area contributed by atoms with Gasteiger partial charge in [-0.1, -0.05) is 17.7 Å². The molecule has 0 saturated heterocycles. The Morgan fingerprint density at radius 2 is 2.18 bits per heavy atom. The van der Waals surface area contributed by atoms with Crippen LogP contribution >= 0.6 is 11.6 Å². The second-order valence-corrected chi connectivity index (χ2v) is 5.24. The molecule has 2 N–H and O–H groups in total. The van der Waals surface area contributed by atoms with Crippen molar-refractivity contribution in [1.29, 1.82) is 0 Å². The van der Waals surface area contributed by atoms with Gasteiger partial charge < -0.3 is 10.4 Å². The molecule has 1 aromatic rings. The molecule has 0 heterocycles. The summed E-state index contributed by atoms with van der Waals surface area (Å²) >= 11 is 5.70. The molecule has 2 rings (SSSR count). The second kappa shape index (κ2) is 5.34. The van der Waals surface area contributed by atoms with Crippen LogP contribution in [-0.2, 0) is 6.42 Å². The van der Waals surface area contributed by atoms with Crippen LogP contribution in [0.3, 0.4) is 0 Å². The van der Waals surface area contributed by atoms with Gasteiger partial charge in [0.25, 0.3) is 0 Å². The number of hydrogen-bond donors (Lipinski definition) is 2. The van der Waals surface area contributed by atoms with E-state index in [-0.39, 0.29) is 22.9 Å². The number of nitrogens with one attached hydrogen (secondary N) is 1. The lowest BCUT2D eigenvalue weighted by Gasteiger charge is -2.12. The highest BCUT2D eigenvalue weighted by molar-refractivity contribution is 6.30. The Hall–Kier alpha value is -0.640. The third-order valence-corrected chi connectivity index (χ3v) is 3.66. The Labute approximate surface area is 106 Å². The summed E-state index contributed by atoms with van der Waals surface area (Å²) < 4.78 is 12.9. The van der Waals surface area contributed by atoms with Crippen LogP contribution in [0.25, 0.3) is 0 Å². The second-order valence-electron chi connectivity index (χ2n) is 4.83. The Bertz CT molecular complexity index is 393. The summed E-state index contributed by atoms with van der Waals surface area (Å²) in [6.45, 7) is 1.95. The van der Waals surface area contributed by atoms with Crippen molar-refractivity contribution in [2.24, 2.45) is 5.41 Å². The lowest BCUT2D eigenvalue weighted by molar-refractivity contribution is 0.208. The first-order valence-corrected chi connectivity index (χ1v) is 6.29. The molecule has 1 aliphatic rings. The van der Waals surface area contributed by atoms with E-state index in [0.717, 1.165) is 37.9 Å². The highest BCUT2D eigenvalue weighted by atomic mass is 35.5. The van der Waals surface area contributed by atoms with Gasteiger partial charge in [0.2, 0.25) is 0 Å². The molecule has 0 aliphatic heterocycles. The molecule has 2 nitrogen and oxygen atoms in total. The summed E-state index contributed by atoms with van der Waals surface area (Å²) in [5, 5.41) is 12.6. The average Bonchev–Trinajstić information content (AvgIpc) is 3.10. The Kier molecular flexibility index (Phi) is 4.02. The van der Waals surface area contributed by atoms with E-state index in [2.05, 4.69) is 5.32 Å². The molecule has 1 saturated carbocycles. The predicted molar refractivity (Wildman–Crippen MR) is 66.7 cm³/mol. The normalized spacial score (nSPS) is 17.1. The molecule has 0 bridgehead atoms. The summed E-state index contributed by atoms with van der Waals surface area (Å²) in [7, 11) is 0. The van der Waals surface area contributed by atoms with Gasteiger partial charge in [0.15, 0.2) is 0 Å². The standard InChI is InChI=1S/C13H17ClFNO/c14-11-7-10(1-2-12(11)15)3-6-16-8-13(9-17)4-5-13/h1-2,7,16-17H,3-6,8-9H2. The van der Waals surface area contributed by atoms with Crippen LogP contribution in [0.5, 0.6) is 0 Å². The maximum absolute atomic E-state index is 12.9. The molecule has 1 aromatic carbocycles. The van der Waals surface area contributed by atoms with Gasteiger partial charge in [0.05, 0.1) is 5.02 Å². The fourth-order valence-electron chi connectivity index (χ4n) is 1.85. The van der Waals surface area contributed by atoms with Crippen molar-refractivity contribution >= 4 is 11.6 Å². The van der Waals surface area contributed by atoms with Gasteiger partial charge in [-0.05, 0) is 43.5 Å². The summed E-state index contributed by atoms with van der Waals surface area (Å²) in [6.07, 6.45) is 3.04. The SMILES string of the molecule is OCC1(CNCCc2ccc(F)c(Cl)c2)CC1. The van der Waals surface area contributed by atoms with Gasteiger partial charge in [-0.2, -0.15) is 0 Å². The molecular weight excluding hydrogens is 241 g/mol. The van der Waals surface area contributed by atoms with E-state index in [1.54, 1.807) is 12.1 Å². The Balaban J connectivity index is 1.73. The Morgan fingerprint density at radius 3 is 2.76 bits per heavy atom. The zero-order valence-corrected chi connectivity index (χ0v) is 10.4. The van der Waals surface area contributed by atoms with Crippen molar-refractivity contribution in [1.82, 2.24) is 5.32 Å². The van der Waals surface area contributed by atoms with Crippen LogP contribution in [0, 0.1) is 11.2 Å². The zero-order chi connectivity index (χ0) is 12.3. The van der Waals surface area contributed by atoms with E-state index in [1.165, 1.54) is 6.07 Å². The van der Waals surface area contributed by atoms with Gasteiger partial charge in [-0.25, -0.2) is 4.39 Å². The first-order valence-electron chi connectivity index (χ1n) is 5.91. The highest BCUT2D eigenvalue weighted by Gasteiger charge is 2.41. The largest absolute Gasteiger partial charge is 0.396 e. The van der Waals surface area contributed by atoms with Gasteiger partial charge in [-0.3, -0.25) is 0 Å². The van der Waals surface area contributed by atoms with Crippen LogP contribution < -0.4 is 5.32 Å². The fraction of sp³-hybridized carbons (Fsp3) is 0.538. The molecule has 0 spiro atoms. The van der Waals surface area contributed by atoms with E-state index < -0.39 is 0 Å². The van der Waals surface area contributed by atoms with Crippen LogP contribution in [-0.4, -0.2) is 24.8 Å². The van der Waals surface area contributed by atoms with E-state index in [9.17, 15) is 4.39 Å². The first kappa shape index (κ1) is 12.8. The first-order chi connectivity index (χ1) is 8.15. The van der Waals surface area contributed by atoms with Crippen molar-refractivity contribution < 1.29 is 9.50 Å². The van der Waals surface area contributed by atoms with Gasteiger partial charge in [0, 0.05) is 18.6 Å². The van der Waals surface area contributed by atoms with E-state index in [4.69, 9.17) is 16.7 Å². The van der Waals surface area contributed by atoms with Crippen molar-refractivity contribution in [3.63, 3.8) is 0 Å². The molecule has 4 heteroatoms. The predicted octanol–water partition coefficient (Wildman–Crippen LogP) is 2.38. The molecule has 0 unspecified atom stereocenters. The van der Waals surface area contributed by atoms with Gasteiger partial charge >= 0.3 is 0 Å². The van der Waals surface area contributed by atoms with Crippen LogP contribution in [0.1, 0.15) is 18.4 Å². The zero-order valence-electron chi connectivity index (χ0n) is 9.68. The van der Waals surface area contributed by atoms with Crippen LogP contribution in [0.15, 0.2) is 18.2 Å². The van der Waals surface area contributed by atoms with Crippen molar-refractivity contribution in [3.8, 4) is 0 Å². The number of hydrogen-bond acceptors (Lipinski definition) is 2. The van der Waals surface area contributed by atoms with E-state index in [1.807, 2.05) is 0 Å². The van der Waals surface area contributed by atoms with Crippen molar-refractivity contribution in [2.75, 3.05) is 19.7 Å². The maximum Gasteiger partial charge on any atom is 0.141 e. The molecule has 0 atom stereocenters. The van der Waals surface area contributed by atoms with E-state index in [0.29, 0.717) is 0 Å². The minimum Gasteiger partial charge on any atom is -0.396 e. The topological polar surface area (TPSA) is 32.3 Å². The number of aliphatic hydroxyl groups excluding tert-OH is 1. The molecule has 1 fully saturated rings. The minimum absolute atomic E-state index is 0.139. The third-order valence-electron chi connectivity index (χ3n) is 3.37. The smallest absolute Gasteiger partial charge is 0.141 e. The monoisotopic (exact) mass is 257 g/mol. The number of aliphatic hydroxyl groups is 1. The van der Waals surface area contributed by atoms with Crippen molar-refractivity contribution in [2.45, 2.75) is 19.3 Å². The molecule has 94 valence electrons. The van der Waals surface area contributed by atoms with Crippen LogP contribution in [0.4, 0.5) is 4.39 Å². The number of rotatable bonds is 6. The lowest BCUT2D eigenvalue weighted by Crippen LogP contribution is -2.28. The van der Waals surface area contributed by atoms with Gasteiger partial charge in [0.1, 0.15) is 5.82 Å². The third kappa shape index (κ3) is 3.41. The summed E-state index contributed by atoms with van der Waals surface area (Å²) in [4.78, 5) is 0. The maximum atomic E-state index is 12.9. The molecule has 0 amide bonds. The number of halogens is 2. The molecule has 0 aromatic heterocycles. The molecule has 0 radical (unpaired) electrons. The quantitative estimate of drug-likeness (QED) is 0.767. The summed E-state index contributed by atoms with van der Waals surface area (Å²) in [5.74, 6) is -0.374. The minimum atomic E-state index is -0.374. The molecule has 17 heavy (non-hydrogen) atoms. The highest BCUT2D eigenvalue weighted by Crippen LogP contribution is 2.44. The van der Waals surface area contributed by atoms with Crippen molar-refractivity contribution in [3.05, 3.63) is 34.6 Å². The lowest BCUT2D eigenvalue weighted by atomic mass is 10.1. The Morgan fingerprint density at radius 1 is 1.41 bits per heavy atom. The van der Waals surface area contributed by atoms with Gasteiger partial charge in [-0.15, -0.1) is 0 Å². The molecular formula is C13H17ClFNO. The fourth-order valence-corrected chi connectivity index (χ4v) is 2.05. The van der Waals surface area contributed by atoms with E-state index >= 15 is 0 Å². The molecule has 1 aliphatic carbocycles. The number of benzene rings is 1. The van der Waals surface area contributed by atoms with Crippen LogP contribution in [0.2, 0.25) is 5.02 Å².